The van der Waals surface area contributed by atoms with E-state index < -0.39 is 0 Å². The Labute approximate surface area is 214 Å². The molecule has 0 amide bonds. The fourth-order valence-electron chi connectivity index (χ4n) is 4.15. The van der Waals surface area contributed by atoms with Crippen molar-refractivity contribution in [3.05, 3.63) is 0 Å². The van der Waals surface area contributed by atoms with Crippen LogP contribution in [0.2, 0.25) is 0 Å². The molecule has 0 aromatic carbocycles. The monoisotopic (exact) mass is 489 g/mol. The smallest absolute Gasteiger partial charge is 0.329 e. The van der Waals surface area contributed by atoms with Crippen LogP contribution in [0.25, 0.3) is 0 Å². The molecule has 2 N–H and O–H groups in total. The summed E-state index contributed by atoms with van der Waals surface area (Å²) >= 11 is 0. The van der Waals surface area contributed by atoms with Crippen molar-refractivity contribution in [1.82, 2.24) is 15.4 Å². The van der Waals surface area contributed by atoms with Crippen molar-refractivity contribution in [3.63, 3.8) is 0 Å². The molecule has 0 aromatic heterocycles. The predicted octanol–water partition coefficient (Wildman–Crippen LogP) is 4.35. The molecule has 0 aliphatic heterocycles. The lowest BCUT2D eigenvalue weighted by Gasteiger charge is -2.40. The third-order valence-electron chi connectivity index (χ3n) is 6.62. The van der Waals surface area contributed by atoms with E-state index in [9.17, 15) is 0 Å². The molecule has 33 heavy (non-hydrogen) atoms. The zero-order chi connectivity index (χ0) is 24.1. The SMILES string of the molecule is CCCCCCN(CCCCCC)NC(=N)[N+](C)(C)N(CCCCCC)CCCCCC.[Cl-]. The molecule has 0 spiro atoms. The lowest BCUT2D eigenvalue weighted by atomic mass is 10.2. The first-order valence-corrected chi connectivity index (χ1v) is 14.1. The molecular weight excluding hydrogens is 430 g/mol. The van der Waals surface area contributed by atoms with Gasteiger partial charge in [0.05, 0.1) is 14.1 Å². The van der Waals surface area contributed by atoms with Crippen LogP contribution in [-0.4, -0.2) is 60.8 Å². The van der Waals surface area contributed by atoms with E-state index in [1.165, 1.54) is 103 Å². The minimum absolute atomic E-state index is 0. The summed E-state index contributed by atoms with van der Waals surface area (Å²) in [4.78, 5) is 0. The number of nitrogens with one attached hydrogen (secondary N) is 2. The predicted molar refractivity (Wildman–Crippen MR) is 143 cm³/mol. The van der Waals surface area contributed by atoms with E-state index in [0.717, 1.165) is 26.2 Å². The number of unbranched alkanes of at least 4 members (excludes halogenated alkanes) is 12. The number of hydrazine groups is 1. The number of hydrogen-bond acceptors (Lipinski definition) is 3. The highest BCUT2D eigenvalue weighted by molar-refractivity contribution is 5.68. The second-order valence-electron chi connectivity index (χ2n) is 10.0. The third kappa shape index (κ3) is 17.7. The Balaban J connectivity index is 0. The van der Waals surface area contributed by atoms with Crippen molar-refractivity contribution >= 4 is 5.96 Å². The molecule has 0 saturated heterocycles. The molecule has 0 aliphatic rings. The van der Waals surface area contributed by atoms with Gasteiger partial charge in [0.2, 0.25) is 0 Å². The molecule has 0 fully saturated rings. The summed E-state index contributed by atoms with van der Waals surface area (Å²) in [5.41, 5.74) is 3.54. The van der Waals surface area contributed by atoms with Gasteiger partial charge in [0.15, 0.2) is 0 Å². The van der Waals surface area contributed by atoms with Gasteiger partial charge in [0.1, 0.15) is 0 Å². The molecule has 0 unspecified atom stereocenters. The summed E-state index contributed by atoms with van der Waals surface area (Å²) in [6.07, 6.45) is 20.4. The highest BCUT2D eigenvalue weighted by Crippen LogP contribution is 2.13. The molecule has 0 bridgehead atoms. The lowest BCUT2D eigenvalue weighted by Crippen LogP contribution is -3.00. The van der Waals surface area contributed by atoms with Gasteiger partial charge in [-0.3, -0.25) is 5.43 Å². The van der Waals surface area contributed by atoms with Gasteiger partial charge in [-0.15, -0.1) is 5.01 Å². The van der Waals surface area contributed by atoms with Gasteiger partial charge < -0.3 is 12.4 Å². The van der Waals surface area contributed by atoms with Crippen LogP contribution in [0.4, 0.5) is 0 Å². The van der Waals surface area contributed by atoms with Gasteiger partial charge in [-0.1, -0.05) is 105 Å². The Bertz CT molecular complexity index is 407. The standard InChI is InChI=1S/C27H60N5.ClH/c1-7-11-15-19-23-30(24-20-16-12-8-2)29-27(28)32(5,6)31(25-21-17-13-9-3)26-22-18-14-10-4;/h7-26H2,1-6H3,(H2,28,29);1H/q+1;/p-1. The van der Waals surface area contributed by atoms with Gasteiger partial charge in [-0.2, -0.15) is 4.59 Å². The Kier molecular flexibility index (Phi) is 24.7. The van der Waals surface area contributed by atoms with Crippen LogP contribution in [0.1, 0.15) is 130 Å². The molecule has 0 radical (unpaired) electrons. The highest BCUT2D eigenvalue weighted by Gasteiger charge is 2.32. The fraction of sp³-hybridized carbons (Fsp3) is 0.963. The van der Waals surface area contributed by atoms with Crippen molar-refractivity contribution in [2.24, 2.45) is 0 Å². The van der Waals surface area contributed by atoms with E-state index in [0.29, 0.717) is 10.6 Å². The largest absolute Gasteiger partial charge is 1.00 e. The van der Waals surface area contributed by atoms with E-state index in [-0.39, 0.29) is 12.4 Å². The topological polar surface area (TPSA) is 42.4 Å². The average molecular weight is 490 g/mol. The Hall–Kier alpha value is -0.360. The van der Waals surface area contributed by atoms with E-state index in [1.54, 1.807) is 0 Å². The van der Waals surface area contributed by atoms with Crippen molar-refractivity contribution in [3.8, 4) is 0 Å². The summed E-state index contributed by atoms with van der Waals surface area (Å²) < 4.78 is 0.526. The van der Waals surface area contributed by atoms with Gasteiger partial charge in [-0.05, 0) is 25.7 Å². The quantitative estimate of drug-likeness (QED) is 0.0781. The zero-order valence-corrected chi connectivity index (χ0v) is 24.1. The zero-order valence-electron chi connectivity index (χ0n) is 23.4. The molecule has 6 heteroatoms. The highest BCUT2D eigenvalue weighted by atomic mass is 35.5. The summed E-state index contributed by atoms with van der Waals surface area (Å²) in [7, 11) is 4.39. The molecule has 0 rings (SSSR count). The van der Waals surface area contributed by atoms with Crippen LogP contribution in [0.5, 0.6) is 0 Å². The Morgan fingerprint density at radius 1 is 0.576 bits per heavy atom. The molecule has 0 aromatic rings. The number of quaternary nitrogens is 1. The maximum atomic E-state index is 9.00. The number of rotatable bonds is 22. The fourth-order valence-corrected chi connectivity index (χ4v) is 4.15. The number of hydrogen-bond donors (Lipinski definition) is 2. The summed E-state index contributed by atoms with van der Waals surface area (Å²) in [5.74, 6) is 0.613. The van der Waals surface area contributed by atoms with Gasteiger partial charge in [-0.25, -0.2) is 10.4 Å². The molecule has 0 saturated carbocycles. The molecule has 0 atom stereocenters. The third-order valence-corrected chi connectivity index (χ3v) is 6.62. The first kappa shape index (κ1) is 34.8. The molecule has 0 heterocycles. The maximum absolute atomic E-state index is 9.00. The number of halogens is 1. The van der Waals surface area contributed by atoms with Crippen LogP contribution in [0.3, 0.4) is 0 Å². The van der Waals surface area contributed by atoms with Crippen LogP contribution in [0.15, 0.2) is 0 Å². The van der Waals surface area contributed by atoms with E-state index >= 15 is 0 Å². The molecular formula is C27H60ClN5. The van der Waals surface area contributed by atoms with E-state index in [2.05, 4.69) is 57.2 Å². The summed E-state index contributed by atoms with van der Waals surface area (Å²) in [5, 5.41) is 13.9. The van der Waals surface area contributed by atoms with E-state index in [4.69, 9.17) is 5.41 Å². The summed E-state index contributed by atoms with van der Waals surface area (Å²) in [6.45, 7) is 13.3. The average Bonchev–Trinajstić information content (AvgIpc) is 2.77. The van der Waals surface area contributed by atoms with Crippen molar-refractivity contribution in [2.75, 3.05) is 40.3 Å². The molecule has 5 nitrogen and oxygen atoms in total. The Morgan fingerprint density at radius 3 is 1.24 bits per heavy atom. The van der Waals surface area contributed by atoms with Crippen molar-refractivity contribution < 1.29 is 17.0 Å². The normalized spacial score (nSPS) is 11.8. The molecule has 0 aliphatic carbocycles. The van der Waals surface area contributed by atoms with Gasteiger partial charge in [0.25, 0.3) is 0 Å². The number of nitrogens with zero attached hydrogens (tertiary/aromatic N) is 3. The lowest BCUT2D eigenvalue weighted by molar-refractivity contribution is -0.928. The Morgan fingerprint density at radius 2 is 0.909 bits per heavy atom. The minimum atomic E-state index is 0. The van der Waals surface area contributed by atoms with Crippen LogP contribution in [-0.2, 0) is 0 Å². The summed E-state index contributed by atoms with van der Waals surface area (Å²) in [6, 6.07) is 0. The van der Waals surface area contributed by atoms with Crippen LogP contribution in [0, 0.1) is 5.41 Å². The minimum Gasteiger partial charge on any atom is -1.00 e. The van der Waals surface area contributed by atoms with Crippen LogP contribution >= 0.6 is 0 Å². The van der Waals surface area contributed by atoms with Gasteiger partial charge >= 0.3 is 5.96 Å². The first-order valence-electron chi connectivity index (χ1n) is 14.1. The maximum Gasteiger partial charge on any atom is 0.329 e. The van der Waals surface area contributed by atoms with E-state index in [1.807, 2.05) is 0 Å². The van der Waals surface area contributed by atoms with Crippen LogP contribution < -0.4 is 17.8 Å². The van der Waals surface area contributed by atoms with Gasteiger partial charge in [0, 0.05) is 26.2 Å². The second kappa shape index (κ2) is 23.4. The second-order valence-corrected chi connectivity index (χ2v) is 10.0. The first-order chi connectivity index (χ1) is 15.4. The molecule has 200 valence electrons. The van der Waals surface area contributed by atoms with Crippen molar-refractivity contribution in [2.45, 2.75) is 130 Å². The number of guanidine groups is 1. The van der Waals surface area contributed by atoms with Crippen molar-refractivity contribution in [1.29, 1.82) is 5.41 Å².